The number of rotatable bonds is 3. The summed E-state index contributed by atoms with van der Waals surface area (Å²) in [6.07, 6.45) is 3.19. The maximum Gasteiger partial charge on any atom is 0.241 e. The van der Waals surface area contributed by atoms with Crippen molar-refractivity contribution in [1.82, 2.24) is 15.4 Å². The molecule has 0 aliphatic heterocycles. The number of aromatic nitrogens is 2. The van der Waals surface area contributed by atoms with Gasteiger partial charge in [0.05, 0.1) is 5.52 Å². The van der Waals surface area contributed by atoms with Gasteiger partial charge in [0.15, 0.2) is 5.82 Å². The lowest BCUT2D eigenvalue weighted by molar-refractivity contribution is -0.121. The largest absolute Gasteiger partial charge is 0.281 e. The van der Waals surface area contributed by atoms with Gasteiger partial charge in [0.1, 0.15) is 12.1 Å². The van der Waals surface area contributed by atoms with Crippen LogP contribution < -0.4 is 10.9 Å². The molecular weight excluding hydrogens is 235 g/mol. The van der Waals surface area contributed by atoms with Crippen LogP contribution in [0, 0.1) is 11.7 Å². The summed E-state index contributed by atoms with van der Waals surface area (Å²) in [6, 6.07) is 4.24. The lowest BCUT2D eigenvalue weighted by atomic mass is 10.2. The number of carbonyl (C=O) groups excluding carboxylic acids is 1. The van der Waals surface area contributed by atoms with Crippen LogP contribution in [0.5, 0.6) is 0 Å². The van der Waals surface area contributed by atoms with Crippen LogP contribution >= 0.6 is 0 Å². The molecule has 0 spiro atoms. The fourth-order valence-corrected chi connectivity index (χ4v) is 1.70. The highest BCUT2D eigenvalue weighted by Crippen LogP contribution is 2.28. The van der Waals surface area contributed by atoms with Crippen molar-refractivity contribution in [2.75, 3.05) is 5.43 Å². The topological polar surface area (TPSA) is 66.9 Å². The molecule has 1 fully saturated rings. The van der Waals surface area contributed by atoms with E-state index < -0.39 is 0 Å². The first-order valence-electron chi connectivity index (χ1n) is 5.70. The minimum absolute atomic E-state index is 0.0381. The summed E-state index contributed by atoms with van der Waals surface area (Å²) in [6.45, 7) is 0. The number of nitrogens with one attached hydrogen (secondary N) is 2. The number of nitrogens with zero attached hydrogens (tertiary/aromatic N) is 2. The zero-order chi connectivity index (χ0) is 12.5. The normalized spacial score (nSPS) is 14.5. The van der Waals surface area contributed by atoms with Gasteiger partial charge in [0.25, 0.3) is 0 Å². The Morgan fingerprint density at radius 1 is 1.33 bits per heavy atom. The van der Waals surface area contributed by atoms with Gasteiger partial charge >= 0.3 is 0 Å². The zero-order valence-corrected chi connectivity index (χ0v) is 9.48. The van der Waals surface area contributed by atoms with E-state index in [9.17, 15) is 9.18 Å². The number of fused-ring (bicyclic) bond motifs is 1. The number of anilines is 1. The van der Waals surface area contributed by atoms with Crippen LogP contribution in [0.4, 0.5) is 10.2 Å². The second kappa shape index (κ2) is 4.21. The Morgan fingerprint density at radius 2 is 2.17 bits per heavy atom. The van der Waals surface area contributed by atoms with Crippen LogP contribution in [0.3, 0.4) is 0 Å². The molecule has 1 amide bonds. The molecule has 0 saturated heterocycles. The van der Waals surface area contributed by atoms with Crippen LogP contribution in [0.1, 0.15) is 12.8 Å². The summed E-state index contributed by atoms with van der Waals surface area (Å²) in [4.78, 5) is 19.5. The Morgan fingerprint density at radius 3 is 2.94 bits per heavy atom. The van der Waals surface area contributed by atoms with Crippen LogP contribution in [0.25, 0.3) is 10.9 Å². The van der Waals surface area contributed by atoms with E-state index >= 15 is 0 Å². The molecule has 1 aromatic carbocycles. The summed E-state index contributed by atoms with van der Waals surface area (Å²) >= 11 is 0. The predicted octanol–water partition coefficient (Wildman–Crippen LogP) is 1.62. The molecule has 18 heavy (non-hydrogen) atoms. The van der Waals surface area contributed by atoms with Crippen molar-refractivity contribution in [2.45, 2.75) is 12.8 Å². The SMILES string of the molecule is O=C(NNc1ncnc2cc(F)ccc12)C1CC1. The van der Waals surface area contributed by atoms with Gasteiger partial charge in [-0.1, -0.05) is 0 Å². The maximum atomic E-state index is 13.0. The van der Waals surface area contributed by atoms with Gasteiger partial charge in [-0.25, -0.2) is 14.4 Å². The molecule has 2 aromatic rings. The van der Waals surface area contributed by atoms with E-state index in [0.717, 1.165) is 12.8 Å². The van der Waals surface area contributed by atoms with Crippen molar-refractivity contribution >= 4 is 22.6 Å². The molecule has 6 heteroatoms. The van der Waals surface area contributed by atoms with Gasteiger partial charge in [0, 0.05) is 17.4 Å². The van der Waals surface area contributed by atoms with Crippen LogP contribution in [-0.4, -0.2) is 15.9 Å². The Labute approximate surface area is 102 Å². The van der Waals surface area contributed by atoms with Gasteiger partial charge < -0.3 is 0 Å². The monoisotopic (exact) mass is 246 g/mol. The van der Waals surface area contributed by atoms with E-state index in [1.807, 2.05) is 0 Å². The molecule has 3 rings (SSSR count). The highest BCUT2D eigenvalue weighted by Gasteiger charge is 2.29. The maximum absolute atomic E-state index is 13.0. The predicted molar refractivity (Wildman–Crippen MR) is 64.0 cm³/mol. The average Bonchev–Trinajstić information content (AvgIpc) is 3.19. The molecule has 0 unspecified atom stereocenters. The number of hydrazine groups is 1. The molecule has 1 saturated carbocycles. The average molecular weight is 246 g/mol. The fourth-order valence-electron chi connectivity index (χ4n) is 1.70. The van der Waals surface area contributed by atoms with Crippen molar-refractivity contribution in [2.24, 2.45) is 5.92 Å². The number of carbonyl (C=O) groups is 1. The smallest absolute Gasteiger partial charge is 0.241 e. The van der Waals surface area contributed by atoms with E-state index in [1.165, 1.54) is 18.5 Å². The Kier molecular flexibility index (Phi) is 2.55. The first-order chi connectivity index (χ1) is 8.74. The van der Waals surface area contributed by atoms with E-state index in [2.05, 4.69) is 20.8 Å². The Bertz CT molecular complexity index is 612. The minimum Gasteiger partial charge on any atom is -0.281 e. The first-order valence-corrected chi connectivity index (χ1v) is 5.70. The van der Waals surface area contributed by atoms with E-state index in [0.29, 0.717) is 16.7 Å². The number of amides is 1. The third-order valence-corrected chi connectivity index (χ3v) is 2.85. The zero-order valence-electron chi connectivity index (χ0n) is 9.48. The van der Waals surface area contributed by atoms with Crippen molar-refractivity contribution in [3.63, 3.8) is 0 Å². The number of halogens is 1. The second-order valence-corrected chi connectivity index (χ2v) is 4.27. The standard InChI is InChI=1S/C12H11FN4O/c13-8-3-4-9-10(5-8)14-6-15-11(9)16-17-12(18)7-1-2-7/h3-7H,1-2H2,(H,17,18)(H,14,15,16). The quantitative estimate of drug-likeness (QED) is 0.808. The highest BCUT2D eigenvalue weighted by molar-refractivity contribution is 5.90. The summed E-state index contributed by atoms with van der Waals surface area (Å²) in [5.74, 6) is 0.190. The lowest BCUT2D eigenvalue weighted by Crippen LogP contribution is -2.31. The lowest BCUT2D eigenvalue weighted by Gasteiger charge is -2.09. The molecule has 0 bridgehead atoms. The molecule has 1 heterocycles. The molecule has 2 N–H and O–H groups in total. The van der Waals surface area contributed by atoms with Gasteiger partial charge in [0.2, 0.25) is 5.91 Å². The van der Waals surface area contributed by atoms with Crippen LogP contribution in [0.2, 0.25) is 0 Å². The van der Waals surface area contributed by atoms with Crippen molar-refractivity contribution in [3.05, 3.63) is 30.3 Å². The van der Waals surface area contributed by atoms with E-state index in [-0.39, 0.29) is 17.6 Å². The van der Waals surface area contributed by atoms with Gasteiger partial charge in [-0.15, -0.1) is 0 Å². The summed E-state index contributed by atoms with van der Waals surface area (Å²) in [5.41, 5.74) is 5.84. The molecule has 1 aromatic heterocycles. The van der Waals surface area contributed by atoms with Gasteiger partial charge in [-0.3, -0.25) is 15.6 Å². The number of hydrogen-bond donors (Lipinski definition) is 2. The highest BCUT2D eigenvalue weighted by atomic mass is 19.1. The summed E-state index contributed by atoms with van der Waals surface area (Å²) < 4.78 is 13.0. The van der Waals surface area contributed by atoms with Crippen molar-refractivity contribution in [1.29, 1.82) is 0 Å². The first kappa shape index (κ1) is 10.9. The molecule has 5 nitrogen and oxygen atoms in total. The molecule has 1 aliphatic carbocycles. The third kappa shape index (κ3) is 2.09. The van der Waals surface area contributed by atoms with E-state index in [1.54, 1.807) is 6.07 Å². The Hall–Kier alpha value is -2.24. The molecule has 92 valence electrons. The van der Waals surface area contributed by atoms with Gasteiger partial charge in [-0.05, 0) is 25.0 Å². The minimum atomic E-state index is -0.353. The van der Waals surface area contributed by atoms with Gasteiger partial charge in [-0.2, -0.15) is 0 Å². The van der Waals surface area contributed by atoms with E-state index in [4.69, 9.17) is 0 Å². The summed E-state index contributed by atoms with van der Waals surface area (Å²) in [7, 11) is 0. The number of benzene rings is 1. The second-order valence-electron chi connectivity index (χ2n) is 4.27. The van der Waals surface area contributed by atoms with Crippen LogP contribution in [-0.2, 0) is 4.79 Å². The number of hydrogen-bond acceptors (Lipinski definition) is 4. The van der Waals surface area contributed by atoms with Crippen molar-refractivity contribution < 1.29 is 9.18 Å². The molecule has 1 aliphatic rings. The Balaban J connectivity index is 1.84. The fraction of sp³-hybridized carbons (Fsp3) is 0.250. The molecule has 0 radical (unpaired) electrons. The van der Waals surface area contributed by atoms with Crippen LogP contribution in [0.15, 0.2) is 24.5 Å². The third-order valence-electron chi connectivity index (χ3n) is 2.85. The summed E-state index contributed by atoms with van der Waals surface area (Å²) in [5, 5.41) is 0.662. The molecule has 0 atom stereocenters. The van der Waals surface area contributed by atoms with Crippen molar-refractivity contribution in [3.8, 4) is 0 Å². The molecular formula is C12H11FN4O.